The number of nitrogens with two attached hydrogens (primary N) is 1. The van der Waals surface area contributed by atoms with E-state index in [1.54, 1.807) is 14.0 Å². The highest BCUT2D eigenvalue weighted by Crippen LogP contribution is 2.23. The number of hydrogen-bond acceptors (Lipinski definition) is 4. The second-order valence-electron chi connectivity index (χ2n) is 3.53. The first-order valence-electron chi connectivity index (χ1n) is 4.84. The molecule has 0 aromatic carbocycles. The first-order valence-corrected chi connectivity index (χ1v) is 5.22. The average molecular weight is 255 g/mol. The number of carbonyl (C=O) groups is 1. The van der Waals surface area contributed by atoms with Crippen LogP contribution < -0.4 is 11.1 Å². The maximum Gasteiger partial charge on any atom is 0.261 e. The van der Waals surface area contributed by atoms with Crippen LogP contribution in [0, 0.1) is 6.92 Å². The molecule has 0 aliphatic rings. The van der Waals surface area contributed by atoms with Crippen molar-refractivity contribution in [2.75, 3.05) is 11.1 Å². The molecule has 1 amide bonds. The molecule has 0 bridgehead atoms. The number of nitrogens with zero attached hydrogens (tertiary/aromatic N) is 2. The molecule has 2 rings (SSSR count). The maximum absolute atomic E-state index is 11.9. The number of aromatic nitrogens is 2. The van der Waals surface area contributed by atoms with E-state index in [2.05, 4.69) is 10.4 Å². The lowest BCUT2D eigenvalue weighted by atomic mass is 10.3. The molecule has 0 radical (unpaired) electrons. The van der Waals surface area contributed by atoms with Crippen molar-refractivity contribution in [1.82, 2.24) is 9.78 Å². The average Bonchev–Trinajstić information content (AvgIpc) is 2.78. The predicted molar refractivity (Wildman–Crippen MR) is 64.0 cm³/mol. The van der Waals surface area contributed by atoms with Gasteiger partial charge in [-0.3, -0.25) is 9.48 Å². The van der Waals surface area contributed by atoms with E-state index in [9.17, 15) is 4.79 Å². The molecular weight excluding hydrogens is 244 g/mol. The van der Waals surface area contributed by atoms with Gasteiger partial charge in [0, 0.05) is 7.05 Å². The summed E-state index contributed by atoms with van der Waals surface area (Å²) in [6.07, 6.45) is 1.34. The number of nitrogen functional groups attached to an aromatic ring is 1. The van der Waals surface area contributed by atoms with Crippen molar-refractivity contribution in [1.29, 1.82) is 0 Å². The number of anilines is 2. The topological polar surface area (TPSA) is 86.1 Å². The molecule has 7 heteroatoms. The molecular formula is C10H11ClN4O2. The van der Waals surface area contributed by atoms with Crippen LogP contribution in [-0.2, 0) is 7.05 Å². The fourth-order valence-corrected chi connectivity index (χ4v) is 1.65. The summed E-state index contributed by atoms with van der Waals surface area (Å²) >= 11 is 5.70. The van der Waals surface area contributed by atoms with Crippen LogP contribution in [0.2, 0.25) is 5.22 Å². The van der Waals surface area contributed by atoms with E-state index >= 15 is 0 Å². The second-order valence-corrected chi connectivity index (χ2v) is 3.88. The molecule has 0 aliphatic carbocycles. The van der Waals surface area contributed by atoms with Crippen LogP contribution in [0.1, 0.15) is 16.1 Å². The molecule has 90 valence electrons. The van der Waals surface area contributed by atoms with E-state index in [4.69, 9.17) is 21.8 Å². The molecule has 2 aromatic rings. The third kappa shape index (κ3) is 1.99. The fraction of sp³-hybridized carbons (Fsp3) is 0.200. The van der Waals surface area contributed by atoms with Gasteiger partial charge in [-0.1, -0.05) is 0 Å². The third-order valence-electron chi connectivity index (χ3n) is 2.36. The van der Waals surface area contributed by atoms with Crippen molar-refractivity contribution in [3.8, 4) is 0 Å². The zero-order chi connectivity index (χ0) is 12.6. The van der Waals surface area contributed by atoms with Gasteiger partial charge < -0.3 is 15.5 Å². The fourth-order valence-electron chi connectivity index (χ4n) is 1.45. The molecule has 2 heterocycles. The van der Waals surface area contributed by atoms with E-state index in [-0.39, 0.29) is 10.8 Å². The van der Waals surface area contributed by atoms with Crippen molar-refractivity contribution in [3.63, 3.8) is 0 Å². The first-order chi connectivity index (χ1) is 8.00. The first kappa shape index (κ1) is 11.5. The number of carbonyl (C=O) groups excluding carboxylic acids is 1. The lowest BCUT2D eigenvalue weighted by Gasteiger charge is -2.05. The van der Waals surface area contributed by atoms with Crippen molar-refractivity contribution >= 4 is 29.0 Å². The van der Waals surface area contributed by atoms with Crippen LogP contribution >= 0.6 is 11.6 Å². The van der Waals surface area contributed by atoms with Gasteiger partial charge in [-0.05, 0) is 24.6 Å². The number of hydrogen-bond donors (Lipinski definition) is 2. The number of furan rings is 1. The molecule has 3 N–H and O–H groups in total. The molecule has 0 atom stereocenters. The Labute approximate surface area is 102 Å². The molecule has 6 nitrogen and oxygen atoms in total. The summed E-state index contributed by atoms with van der Waals surface area (Å²) in [5, 5.41) is 6.76. The molecule has 0 spiro atoms. The van der Waals surface area contributed by atoms with E-state index in [1.165, 1.54) is 17.0 Å². The predicted octanol–water partition coefficient (Wildman–Crippen LogP) is 1.81. The SMILES string of the molecule is Cc1nn(C)c(NC(=O)c2ccoc2Cl)c1N. The van der Waals surface area contributed by atoms with Gasteiger partial charge >= 0.3 is 0 Å². The Morgan fingerprint density at radius 3 is 2.82 bits per heavy atom. The van der Waals surface area contributed by atoms with E-state index < -0.39 is 5.91 Å². The van der Waals surface area contributed by atoms with Crippen molar-refractivity contribution in [2.45, 2.75) is 6.92 Å². The highest BCUT2D eigenvalue weighted by molar-refractivity contribution is 6.32. The van der Waals surface area contributed by atoms with Gasteiger partial charge in [0.05, 0.1) is 23.2 Å². The summed E-state index contributed by atoms with van der Waals surface area (Å²) < 4.78 is 6.34. The molecule has 17 heavy (non-hydrogen) atoms. The van der Waals surface area contributed by atoms with Crippen LogP contribution in [0.15, 0.2) is 16.7 Å². The highest BCUT2D eigenvalue weighted by Gasteiger charge is 2.17. The Kier molecular flexibility index (Phi) is 2.81. The molecule has 0 unspecified atom stereocenters. The summed E-state index contributed by atoms with van der Waals surface area (Å²) in [6.45, 7) is 1.76. The van der Waals surface area contributed by atoms with Crippen LogP contribution in [0.4, 0.5) is 11.5 Å². The Hall–Kier alpha value is -1.95. The van der Waals surface area contributed by atoms with E-state index in [1.807, 2.05) is 0 Å². The van der Waals surface area contributed by atoms with Crippen LogP contribution in [0.25, 0.3) is 0 Å². The summed E-state index contributed by atoms with van der Waals surface area (Å²) in [5.41, 5.74) is 7.13. The van der Waals surface area contributed by atoms with E-state index in [0.29, 0.717) is 17.2 Å². The molecule has 0 saturated heterocycles. The lowest BCUT2D eigenvalue weighted by Crippen LogP contribution is -2.15. The zero-order valence-corrected chi connectivity index (χ0v) is 10.1. The van der Waals surface area contributed by atoms with Gasteiger partial charge in [0.15, 0.2) is 5.82 Å². The zero-order valence-electron chi connectivity index (χ0n) is 9.32. The van der Waals surface area contributed by atoms with Gasteiger partial charge in [-0.15, -0.1) is 0 Å². The maximum atomic E-state index is 11.9. The summed E-state index contributed by atoms with van der Waals surface area (Å²) in [5.74, 6) is 0.0446. The van der Waals surface area contributed by atoms with Crippen molar-refractivity contribution < 1.29 is 9.21 Å². The number of nitrogens with one attached hydrogen (secondary N) is 1. The second kappa shape index (κ2) is 4.14. The normalized spacial score (nSPS) is 10.5. The minimum Gasteiger partial charge on any atom is -0.452 e. The quantitative estimate of drug-likeness (QED) is 0.856. The monoisotopic (exact) mass is 254 g/mol. The molecule has 2 aromatic heterocycles. The number of halogens is 1. The Bertz CT molecular complexity index is 573. The standard InChI is InChI=1S/C10H11ClN4O2/c1-5-7(12)9(15(2)14-5)13-10(16)6-3-4-17-8(6)11/h3-4H,12H2,1-2H3,(H,13,16). The van der Waals surface area contributed by atoms with Gasteiger partial charge in [-0.25, -0.2) is 0 Å². The minimum atomic E-state index is -0.390. The largest absolute Gasteiger partial charge is 0.452 e. The molecule has 0 aliphatic heterocycles. The smallest absolute Gasteiger partial charge is 0.261 e. The van der Waals surface area contributed by atoms with Gasteiger partial charge in [0.2, 0.25) is 5.22 Å². The van der Waals surface area contributed by atoms with Crippen LogP contribution in [-0.4, -0.2) is 15.7 Å². The van der Waals surface area contributed by atoms with Crippen molar-refractivity contribution in [3.05, 3.63) is 28.8 Å². The van der Waals surface area contributed by atoms with Crippen LogP contribution in [0.5, 0.6) is 0 Å². The number of rotatable bonds is 2. The Morgan fingerprint density at radius 2 is 2.35 bits per heavy atom. The minimum absolute atomic E-state index is 0.0416. The molecule has 0 saturated carbocycles. The van der Waals surface area contributed by atoms with Gasteiger partial charge in [0.1, 0.15) is 0 Å². The number of aryl methyl sites for hydroxylation is 2. The summed E-state index contributed by atoms with van der Waals surface area (Å²) in [6, 6.07) is 1.48. The third-order valence-corrected chi connectivity index (χ3v) is 2.66. The van der Waals surface area contributed by atoms with E-state index in [0.717, 1.165) is 0 Å². The van der Waals surface area contributed by atoms with Crippen LogP contribution in [0.3, 0.4) is 0 Å². The van der Waals surface area contributed by atoms with Crippen molar-refractivity contribution in [2.24, 2.45) is 7.05 Å². The van der Waals surface area contributed by atoms with Gasteiger partial charge in [-0.2, -0.15) is 5.10 Å². The number of amides is 1. The van der Waals surface area contributed by atoms with Gasteiger partial charge in [0.25, 0.3) is 5.91 Å². The Balaban J connectivity index is 2.28. The highest BCUT2D eigenvalue weighted by atomic mass is 35.5. The summed E-state index contributed by atoms with van der Waals surface area (Å²) in [4.78, 5) is 11.9. The Morgan fingerprint density at radius 1 is 1.65 bits per heavy atom. The summed E-state index contributed by atoms with van der Waals surface area (Å²) in [7, 11) is 1.69. The lowest BCUT2D eigenvalue weighted by molar-refractivity contribution is 0.102. The molecule has 0 fully saturated rings.